The van der Waals surface area contributed by atoms with E-state index in [0.29, 0.717) is 24.0 Å². The minimum Gasteiger partial charge on any atom is -0.493 e. The number of hydrogen-bond acceptors (Lipinski definition) is 7. The number of hydrogen-bond donors (Lipinski definition) is 0. The zero-order valence-electron chi connectivity index (χ0n) is 23.7. The van der Waals surface area contributed by atoms with Crippen LogP contribution in [0.3, 0.4) is 0 Å². The average molecular weight is 559 g/mol. The van der Waals surface area contributed by atoms with Crippen LogP contribution in [0.15, 0.2) is 24.3 Å². The van der Waals surface area contributed by atoms with Gasteiger partial charge in [0, 0.05) is 12.1 Å². The lowest BCUT2D eigenvalue weighted by Gasteiger charge is -2.43. The van der Waals surface area contributed by atoms with Crippen LogP contribution in [0.4, 0.5) is 0 Å². The summed E-state index contributed by atoms with van der Waals surface area (Å²) in [5, 5.41) is 0. The molecule has 0 saturated carbocycles. The standard InChI is InChI=1S/C24H46O7Si4/c1-20(28-24(25)16-14-21-13-15-22(26-2)23(19-21)27-3)17-18-35(29-32(4,5)6,30-33(7,8)9)31-34(10,11)12/h13-16,19-20H,17-18H2,1-12H3. The molecule has 0 aliphatic rings. The summed E-state index contributed by atoms with van der Waals surface area (Å²) in [6.07, 6.45) is 3.44. The van der Waals surface area contributed by atoms with Gasteiger partial charge in [0.15, 0.2) is 36.5 Å². The molecule has 0 aliphatic carbocycles. The van der Waals surface area contributed by atoms with Crippen LogP contribution in [0.5, 0.6) is 11.5 Å². The van der Waals surface area contributed by atoms with Crippen molar-refractivity contribution in [2.24, 2.45) is 0 Å². The fraction of sp³-hybridized carbons (Fsp3) is 0.625. The summed E-state index contributed by atoms with van der Waals surface area (Å²) in [5.74, 6) is 0.836. The van der Waals surface area contributed by atoms with E-state index in [1.165, 1.54) is 6.08 Å². The third kappa shape index (κ3) is 13.0. The van der Waals surface area contributed by atoms with Crippen molar-refractivity contribution in [2.75, 3.05) is 14.2 Å². The maximum absolute atomic E-state index is 12.5. The Labute approximate surface area is 216 Å². The fourth-order valence-corrected chi connectivity index (χ4v) is 18.2. The summed E-state index contributed by atoms with van der Waals surface area (Å²) < 4.78 is 36.4. The van der Waals surface area contributed by atoms with Crippen LogP contribution in [0, 0.1) is 0 Å². The first-order valence-corrected chi connectivity index (χ1v) is 24.2. The minimum absolute atomic E-state index is 0.301. The first kappa shape index (κ1) is 31.8. The Morgan fingerprint density at radius 2 is 1.31 bits per heavy atom. The summed E-state index contributed by atoms with van der Waals surface area (Å²) in [6, 6.07) is 6.08. The van der Waals surface area contributed by atoms with Crippen molar-refractivity contribution in [1.29, 1.82) is 0 Å². The van der Waals surface area contributed by atoms with Gasteiger partial charge in [0.25, 0.3) is 0 Å². The molecule has 0 radical (unpaired) electrons. The molecule has 0 heterocycles. The van der Waals surface area contributed by atoms with E-state index in [0.717, 1.165) is 5.56 Å². The molecule has 35 heavy (non-hydrogen) atoms. The molecule has 0 spiro atoms. The van der Waals surface area contributed by atoms with Gasteiger partial charge in [-0.05, 0) is 96.0 Å². The molecule has 0 aromatic heterocycles. The Hall–Kier alpha value is -1.22. The van der Waals surface area contributed by atoms with Crippen LogP contribution in [-0.4, -0.2) is 60.0 Å². The van der Waals surface area contributed by atoms with Gasteiger partial charge in [0.2, 0.25) is 0 Å². The second-order valence-corrected chi connectivity index (χ2v) is 28.5. The zero-order valence-corrected chi connectivity index (χ0v) is 27.7. The lowest BCUT2D eigenvalue weighted by molar-refractivity contribution is -0.142. The van der Waals surface area contributed by atoms with E-state index in [2.05, 4.69) is 58.9 Å². The molecule has 1 unspecified atom stereocenters. The van der Waals surface area contributed by atoms with E-state index in [9.17, 15) is 4.79 Å². The maximum atomic E-state index is 12.5. The van der Waals surface area contributed by atoms with Crippen molar-refractivity contribution >= 4 is 45.8 Å². The van der Waals surface area contributed by atoms with E-state index in [1.54, 1.807) is 32.4 Å². The first-order valence-electron chi connectivity index (χ1n) is 12.1. The van der Waals surface area contributed by atoms with Crippen LogP contribution in [0.25, 0.3) is 6.08 Å². The largest absolute Gasteiger partial charge is 0.493 e. The molecule has 0 amide bonds. The molecular weight excluding hydrogens is 513 g/mol. The summed E-state index contributed by atoms with van der Waals surface area (Å²) in [5.41, 5.74) is 0.814. The summed E-state index contributed by atoms with van der Waals surface area (Å²) in [6.45, 7) is 21.4. The van der Waals surface area contributed by atoms with Gasteiger partial charge in [-0.15, -0.1) is 0 Å². The predicted octanol–water partition coefficient (Wildman–Crippen LogP) is 6.53. The number of carbonyl (C=O) groups excluding carboxylic acids is 1. The lowest BCUT2D eigenvalue weighted by atomic mass is 10.2. The molecule has 0 saturated heterocycles. The molecule has 11 heteroatoms. The Balaban J connectivity index is 2.93. The molecule has 200 valence electrons. The van der Waals surface area contributed by atoms with Crippen LogP contribution in [0.2, 0.25) is 65.0 Å². The number of rotatable bonds is 14. The molecule has 0 bridgehead atoms. The van der Waals surface area contributed by atoms with Crippen LogP contribution < -0.4 is 9.47 Å². The van der Waals surface area contributed by atoms with Gasteiger partial charge in [0.1, 0.15) is 0 Å². The Morgan fingerprint density at radius 3 is 1.74 bits per heavy atom. The fourth-order valence-electron chi connectivity index (χ4n) is 3.41. The Bertz CT molecular complexity index is 814. The highest BCUT2D eigenvalue weighted by Crippen LogP contribution is 2.31. The highest BCUT2D eigenvalue weighted by molar-refractivity contribution is 6.90. The molecular formula is C24H46O7Si4. The molecule has 1 atom stereocenters. The number of esters is 1. The number of methoxy groups -OCH3 is 2. The average Bonchev–Trinajstić information content (AvgIpc) is 2.66. The second-order valence-electron chi connectivity index (χ2n) is 11.6. The van der Waals surface area contributed by atoms with Gasteiger partial charge in [-0.3, -0.25) is 0 Å². The Morgan fingerprint density at radius 1 is 0.829 bits per heavy atom. The van der Waals surface area contributed by atoms with Gasteiger partial charge in [0.05, 0.1) is 20.3 Å². The van der Waals surface area contributed by atoms with E-state index < -0.39 is 39.7 Å². The van der Waals surface area contributed by atoms with Crippen molar-refractivity contribution in [3.05, 3.63) is 29.8 Å². The quantitative estimate of drug-likeness (QED) is 0.146. The molecule has 0 aliphatic heterocycles. The molecule has 1 aromatic rings. The second kappa shape index (κ2) is 12.8. The number of benzene rings is 1. The third-order valence-corrected chi connectivity index (χ3v) is 16.4. The van der Waals surface area contributed by atoms with Crippen LogP contribution in [0.1, 0.15) is 18.9 Å². The van der Waals surface area contributed by atoms with Gasteiger partial charge in [-0.2, -0.15) is 0 Å². The molecule has 1 rings (SSSR count). The third-order valence-electron chi connectivity index (χ3n) is 4.38. The van der Waals surface area contributed by atoms with Crippen molar-refractivity contribution in [3.63, 3.8) is 0 Å². The lowest BCUT2D eigenvalue weighted by Crippen LogP contribution is -2.60. The molecule has 0 N–H and O–H groups in total. The SMILES string of the molecule is COc1ccc(C=CC(=O)OC(C)CC[Si](O[Si](C)(C)C)(O[Si](C)(C)C)O[Si](C)(C)C)cc1OC. The zero-order chi connectivity index (χ0) is 27.1. The highest BCUT2D eigenvalue weighted by Gasteiger charge is 2.49. The van der Waals surface area contributed by atoms with Crippen molar-refractivity contribution < 1.29 is 31.4 Å². The maximum Gasteiger partial charge on any atom is 0.469 e. The topological polar surface area (TPSA) is 72.5 Å². The normalized spacial score (nSPS) is 14.2. The summed E-state index contributed by atoms with van der Waals surface area (Å²) in [4.78, 5) is 12.5. The number of ether oxygens (including phenoxy) is 3. The van der Waals surface area contributed by atoms with Crippen LogP contribution in [-0.2, 0) is 21.9 Å². The van der Waals surface area contributed by atoms with Gasteiger partial charge >= 0.3 is 14.8 Å². The highest BCUT2D eigenvalue weighted by atomic mass is 28.5. The first-order chi connectivity index (χ1) is 15.9. The van der Waals surface area contributed by atoms with Gasteiger partial charge in [-0.25, -0.2) is 4.79 Å². The summed E-state index contributed by atoms with van der Waals surface area (Å²) >= 11 is 0. The van der Waals surface area contributed by atoms with Crippen LogP contribution >= 0.6 is 0 Å². The van der Waals surface area contributed by atoms with Crippen molar-refractivity contribution in [1.82, 2.24) is 0 Å². The van der Waals surface area contributed by atoms with E-state index in [4.69, 9.17) is 26.6 Å². The molecule has 0 fully saturated rings. The van der Waals surface area contributed by atoms with E-state index >= 15 is 0 Å². The van der Waals surface area contributed by atoms with Crippen molar-refractivity contribution in [3.8, 4) is 11.5 Å². The molecule has 1 aromatic carbocycles. The van der Waals surface area contributed by atoms with Gasteiger partial charge < -0.3 is 26.6 Å². The summed E-state index contributed by atoms with van der Waals surface area (Å²) in [7, 11) is -5.62. The predicted molar refractivity (Wildman–Crippen MR) is 153 cm³/mol. The minimum atomic E-state index is -2.96. The smallest absolute Gasteiger partial charge is 0.469 e. The van der Waals surface area contributed by atoms with E-state index in [-0.39, 0.29) is 6.10 Å². The monoisotopic (exact) mass is 558 g/mol. The number of carbonyl (C=O) groups is 1. The Kier molecular flexibility index (Phi) is 11.7. The van der Waals surface area contributed by atoms with Crippen molar-refractivity contribution in [2.45, 2.75) is 84.4 Å². The van der Waals surface area contributed by atoms with E-state index in [1.807, 2.05) is 13.0 Å². The van der Waals surface area contributed by atoms with Gasteiger partial charge in [-0.1, -0.05) is 6.07 Å². The molecule has 7 nitrogen and oxygen atoms in total.